The zero-order valence-electron chi connectivity index (χ0n) is 32.5. The molecular weight excluding hydrogens is 739 g/mol. The van der Waals surface area contributed by atoms with Crippen molar-refractivity contribution in [2.45, 2.75) is 115 Å². The maximum Gasteiger partial charge on any atom is -1.00 e. The Labute approximate surface area is 330 Å². The van der Waals surface area contributed by atoms with Crippen LogP contribution in [0.3, 0.4) is 0 Å². The normalized spacial score (nSPS) is 15.3. The van der Waals surface area contributed by atoms with E-state index in [0.717, 1.165) is 0 Å². The van der Waals surface area contributed by atoms with Crippen LogP contribution in [-0.2, 0) is 32.1 Å². The molecule has 0 aliphatic heterocycles. The Kier molecular flexibility index (Phi) is 14.0. The fourth-order valence-electron chi connectivity index (χ4n) is 8.43. The van der Waals surface area contributed by atoms with Gasteiger partial charge in [-0.15, -0.1) is 0 Å². The van der Waals surface area contributed by atoms with Crippen LogP contribution in [0.4, 0.5) is 0 Å². The smallest absolute Gasteiger partial charge is 1.00 e. The summed E-state index contributed by atoms with van der Waals surface area (Å²) >= 11 is -2.93. The van der Waals surface area contributed by atoms with Crippen molar-refractivity contribution in [3.63, 3.8) is 0 Å². The molecule has 0 radical (unpaired) electrons. The van der Waals surface area contributed by atoms with Gasteiger partial charge in [0.1, 0.15) is 0 Å². The van der Waals surface area contributed by atoms with E-state index in [1.54, 1.807) is 25.5 Å². The number of benzene rings is 4. The Morgan fingerprint density at radius 2 is 1.06 bits per heavy atom. The maximum absolute atomic E-state index is 2.93. The van der Waals surface area contributed by atoms with E-state index in [0.29, 0.717) is 9.54 Å². The SMILES string of the molecule is CCCC1=C(CCC)C(CCC)[C]([Zr+2](=[C](c2ccccc2)c2ccccc2)[CH]2c3cc(C(C)(C)C)ccc3-c3ccc(C(C)(C)C)cc32)=C1.[Cl-].[Cl-]. The molecule has 4 aromatic carbocycles. The molecular formula is C48H58Cl2Zr. The second-order valence-corrected chi connectivity index (χ2v) is 22.7. The molecule has 1 atom stereocenters. The predicted octanol–water partition coefficient (Wildman–Crippen LogP) is 7.46. The van der Waals surface area contributed by atoms with Gasteiger partial charge >= 0.3 is 308 Å². The fraction of sp³-hybridized carbons (Fsp3) is 0.396. The topological polar surface area (TPSA) is 0 Å². The van der Waals surface area contributed by atoms with E-state index in [4.69, 9.17) is 0 Å². The number of hydrogen-bond acceptors (Lipinski definition) is 0. The molecule has 3 heteroatoms. The molecule has 1 unspecified atom stereocenters. The summed E-state index contributed by atoms with van der Waals surface area (Å²) in [6.45, 7) is 21.4. The first kappa shape index (κ1) is 41.4. The first-order valence-electron chi connectivity index (χ1n) is 19.1. The van der Waals surface area contributed by atoms with Crippen molar-refractivity contribution in [3.05, 3.63) is 151 Å². The van der Waals surface area contributed by atoms with Gasteiger partial charge in [0.05, 0.1) is 0 Å². The van der Waals surface area contributed by atoms with Gasteiger partial charge in [0, 0.05) is 0 Å². The summed E-state index contributed by atoms with van der Waals surface area (Å²) in [7, 11) is 0. The van der Waals surface area contributed by atoms with Gasteiger partial charge in [-0.05, 0) is 0 Å². The summed E-state index contributed by atoms with van der Waals surface area (Å²) in [6, 6.07) is 38.2. The molecule has 0 saturated heterocycles. The van der Waals surface area contributed by atoms with E-state index in [9.17, 15) is 0 Å². The van der Waals surface area contributed by atoms with Gasteiger partial charge in [-0.1, -0.05) is 0 Å². The Balaban J connectivity index is 0.00000292. The molecule has 0 nitrogen and oxygen atoms in total. The summed E-state index contributed by atoms with van der Waals surface area (Å²) in [5.74, 6) is 0.562. The first-order chi connectivity index (χ1) is 23.5. The van der Waals surface area contributed by atoms with Gasteiger partial charge in [-0.25, -0.2) is 0 Å². The zero-order chi connectivity index (χ0) is 34.9. The van der Waals surface area contributed by atoms with Gasteiger partial charge in [0.25, 0.3) is 0 Å². The third-order valence-corrected chi connectivity index (χ3v) is 19.3. The molecule has 268 valence electrons. The molecule has 0 spiro atoms. The number of rotatable bonds is 10. The summed E-state index contributed by atoms with van der Waals surface area (Å²) in [5, 5.41) is 0. The molecule has 2 aliphatic carbocycles. The predicted molar refractivity (Wildman–Crippen MR) is 211 cm³/mol. The van der Waals surface area contributed by atoms with Crippen LogP contribution in [0, 0.1) is 5.92 Å². The molecule has 0 saturated carbocycles. The Hall–Kier alpha value is -2.31. The molecule has 2 aliphatic rings. The standard InChI is InChI=1S/C21H25.C14H23.C13H10.2ClH.Zr/c1-20(2,3)16-7-9-18-14(12-16)11-15-13-17(21(4,5)6)8-10-19(15)18;1-4-7-12-10-11-13(8-5-2)14(12)9-6-3;1-3-7-12(8-4-1)11-13-9-5-2-6-10-13;;;/h7-13H,1-6H3;10,13H,4-9H2,1-3H3;1-10H;2*1H;/q;;;;;+2/p-2. The van der Waals surface area contributed by atoms with Crippen LogP contribution in [0.1, 0.15) is 138 Å². The summed E-state index contributed by atoms with van der Waals surface area (Å²) in [5.41, 5.74) is 15.5. The third kappa shape index (κ3) is 8.43. The van der Waals surface area contributed by atoms with Crippen LogP contribution < -0.4 is 24.8 Å². The minimum Gasteiger partial charge on any atom is -1.00 e. The van der Waals surface area contributed by atoms with Gasteiger partial charge in [-0.3, -0.25) is 0 Å². The van der Waals surface area contributed by atoms with Crippen molar-refractivity contribution in [2.75, 3.05) is 0 Å². The summed E-state index contributed by atoms with van der Waals surface area (Å²) in [6.07, 6.45) is 10.1. The molecule has 0 heterocycles. The van der Waals surface area contributed by atoms with E-state index in [1.807, 2.05) is 3.28 Å². The van der Waals surface area contributed by atoms with E-state index >= 15 is 0 Å². The minimum atomic E-state index is -2.93. The Morgan fingerprint density at radius 1 is 0.588 bits per heavy atom. The van der Waals surface area contributed by atoms with E-state index in [-0.39, 0.29) is 35.6 Å². The zero-order valence-corrected chi connectivity index (χ0v) is 36.4. The van der Waals surface area contributed by atoms with E-state index < -0.39 is 21.3 Å². The fourth-order valence-corrected chi connectivity index (χ4v) is 18.2. The molecule has 0 bridgehead atoms. The third-order valence-electron chi connectivity index (χ3n) is 10.9. The summed E-state index contributed by atoms with van der Waals surface area (Å²) in [4.78, 5) is 0. The summed E-state index contributed by atoms with van der Waals surface area (Å²) < 4.78 is 3.91. The first-order valence-corrected chi connectivity index (χ1v) is 22.9. The molecule has 0 fully saturated rings. The van der Waals surface area contributed by atoms with Crippen molar-refractivity contribution in [2.24, 2.45) is 5.92 Å². The largest absolute Gasteiger partial charge is 1.00 e. The average molecular weight is 797 g/mol. The number of halogens is 2. The second kappa shape index (κ2) is 17.2. The Bertz CT molecular complexity index is 1790. The molecule has 6 rings (SSSR count). The van der Waals surface area contributed by atoms with Crippen molar-refractivity contribution < 1.29 is 46.1 Å². The van der Waals surface area contributed by atoms with Crippen molar-refractivity contribution in [3.8, 4) is 11.1 Å². The van der Waals surface area contributed by atoms with Gasteiger partial charge < -0.3 is 24.8 Å². The van der Waals surface area contributed by atoms with Gasteiger partial charge in [-0.2, -0.15) is 0 Å². The van der Waals surface area contributed by atoms with Crippen LogP contribution in [0.5, 0.6) is 0 Å². The molecule has 4 aromatic rings. The monoisotopic (exact) mass is 794 g/mol. The van der Waals surface area contributed by atoms with Crippen LogP contribution in [0.25, 0.3) is 11.1 Å². The van der Waals surface area contributed by atoms with Crippen LogP contribution in [-0.4, -0.2) is 3.21 Å². The number of fused-ring (bicyclic) bond motifs is 3. The maximum atomic E-state index is 2.80. The van der Waals surface area contributed by atoms with E-state index in [2.05, 4.69) is 165 Å². The quantitative estimate of drug-likeness (QED) is 0.157. The molecule has 0 N–H and O–H groups in total. The van der Waals surface area contributed by atoms with Crippen LogP contribution in [0.2, 0.25) is 0 Å². The molecule has 0 amide bonds. The van der Waals surface area contributed by atoms with E-state index in [1.165, 1.54) is 71.9 Å². The minimum absolute atomic E-state index is 0. The molecule has 0 aromatic heterocycles. The van der Waals surface area contributed by atoms with Crippen LogP contribution in [0.15, 0.2) is 118 Å². The number of allylic oxidation sites excluding steroid dienone is 4. The average Bonchev–Trinajstić information content (AvgIpc) is 3.58. The van der Waals surface area contributed by atoms with Crippen molar-refractivity contribution in [1.82, 2.24) is 0 Å². The van der Waals surface area contributed by atoms with Gasteiger partial charge in [0.15, 0.2) is 0 Å². The molecule has 51 heavy (non-hydrogen) atoms. The van der Waals surface area contributed by atoms with Crippen molar-refractivity contribution in [1.29, 1.82) is 0 Å². The van der Waals surface area contributed by atoms with Crippen molar-refractivity contribution >= 4 is 3.21 Å². The second-order valence-electron chi connectivity index (χ2n) is 16.5. The van der Waals surface area contributed by atoms with Crippen LogP contribution >= 0.6 is 0 Å². The van der Waals surface area contributed by atoms with Gasteiger partial charge in [0.2, 0.25) is 0 Å². The number of hydrogen-bond donors (Lipinski definition) is 0. The Morgan fingerprint density at radius 3 is 1.47 bits per heavy atom.